The van der Waals surface area contributed by atoms with Crippen LogP contribution in [0.25, 0.3) is 0 Å². The molecule has 0 unspecified atom stereocenters. The van der Waals surface area contributed by atoms with Crippen molar-refractivity contribution < 1.29 is 9.53 Å². The minimum Gasteiger partial charge on any atom is -0.384 e. The van der Waals surface area contributed by atoms with Gasteiger partial charge in [0.15, 0.2) is 0 Å². The van der Waals surface area contributed by atoms with Gasteiger partial charge in [-0.15, -0.1) is 11.3 Å². The maximum Gasteiger partial charge on any atom is 0.228 e. The smallest absolute Gasteiger partial charge is 0.228 e. The first-order valence-corrected chi connectivity index (χ1v) is 8.30. The van der Waals surface area contributed by atoms with Gasteiger partial charge in [0.05, 0.1) is 22.7 Å². The van der Waals surface area contributed by atoms with E-state index in [0.717, 1.165) is 43.1 Å². The van der Waals surface area contributed by atoms with Gasteiger partial charge in [0, 0.05) is 25.0 Å². The van der Waals surface area contributed by atoms with Gasteiger partial charge in [0.1, 0.15) is 0 Å². The van der Waals surface area contributed by atoms with Gasteiger partial charge in [-0.2, -0.15) is 0 Å². The second kappa shape index (κ2) is 7.33. The Labute approximate surface area is 130 Å². The summed E-state index contributed by atoms with van der Waals surface area (Å²) in [4.78, 5) is 18.3. The fraction of sp³-hybridized carbons (Fsp3) is 0.733. The molecule has 118 valence electrons. The van der Waals surface area contributed by atoms with E-state index in [0.29, 0.717) is 13.2 Å². The number of piperidine rings is 1. The molecule has 0 bridgehead atoms. The highest BCUT2D eigenvalue weighted by molar-refractivity contribution is 7.11. The van der Waals surface area contributed by atoms with Crippen LogP contribution in [0.1, 0.15) is 28.4 Å². The molecule has 6 heteroatoms. The average Bonchev–Trinajstić information content (AvgIpc) is 2.79. The van der Waals surface area contributed by atoms with Crippen molar-refractivity contribution in [1.29, 1.82) is 0 Å². The Morgan fingerprint density at radius 1 is 1.43 bits per heavy atom. The van der Waals surface area contributed by atoms with Crippen LogP contribution in [0.5, 0.6) is 0 Å². The molecule has 1 aromatic heterocycles. The van der Waals surface area contributed by atoms with Crippen molar-refractivity contribution in [2.24, 2.45) is 5.41 Å². The molecular formula is C15H25N3O2S. The number of amides is 1. The van der Waals surface area contributed by atoms with E-state index >= 15 is 0 Å². The number of rotatable bonds is 6. The molecule has 0 saturated carbocycles. The van der Waals surface area contributed by atoms with E-state index in [2.05, 4.69) is 22.5 Å². The third-order valence-electron chi connectivity index (χ3n) is 4.16. The van der Waals surface area contributed by atoms with Gasteiger partial charge >= 0.3 is 0 Å². The molecule has 2 heterocycles. The molecule has 0 spiro atoms. The lowest BCUT2D eigenvalue weighted by molar-refractivity contribution is -0.136. The lowest BCUT2D eigenvalue weighted by Crippen LogP contribution is -2.50. The second-order valence-electron chi connectivity index (χ2n) is 5.72. The van der Waals surface area contributed by atoms with Crippen molar-refractivity contribution in [1.82, 2.24) is 15.6 Å². The van der Waals surface area contributed by atoms with Crippen LogP contribution in [-0.4, -0.2) is 44.2 Å². The van der Waals surface area contributed by atoms with Crippen molar-refractivity contribution in [2.75, 3.05) is 33.4 Å². The normalized spacial score (nSPS) is 17.7. The molecule has 0 atom stereocenters. The topological polar surface area (TPSA) is 63.2 Å². The third-order valence-corrected chi connectivity index (χ3v) is 5.29. The average molecular weight is 311 g/mol. The first-order valence-electron chi connectivity index (χ1n) is 7.48. The van der Waals surface area contributed by atoms with Gasteiger partial charge in [0.25, 0.3) is 0 Å². The third kappa shape index (κ3) is 4.02. The van der Waals surface area contributed by atoms with Crippen LogP contribution >= 0.6 is 11.3 Å². The standard InChI is InChI=1S/C15H25N3O2S/c1-11-12(2)21-13(18-11)4-7-17-14(19)15(10-20-3)5-8-16-9-6-15/h16H,4-10H2,1-3H3,(H,17,19). The summed E-state index contributed by atoms with van der Waals surface area (Å²) < 4.78 is 5.29. The maximum atomic E-state index is 12.5. The SMILES string of the molecule is COCC1(C(=O)NCCc2nc(C)c(C)s2)CCNCC1. The fourth-order valence-corrected chi connectivity index (χ4v) is 3.67. The van der Waals surface area contributed by atoms with Gasteiger partial charge in [0.2, 0.25) is 5.91 Å². The highest BCUT2D eigenvalue weighted by atomic mass is 32.1. The van der Waals surface area contributed by atoms with E-state index in [1.165, 1.54) is 4.88 Å². The number of aryl methyl sites for hydroxylation is 2. The van der Waals surface area contributed by atoms with Crippen molar-refractivity contribution in [3.63, 3.8) is 0 Å². The quantitative estimate of drug-likeness (QED) is 0.834. The lowest BCUT2D eigenvalue weighted by Gasteiger charge is -2.35. The number of thiazole rings is 1. The predicted molar refractivity (Wildman–Crippen MR) is 84.7 cm³/mol. The first kappa shape index (κ1) is 16.4. The number of nitrogens with one attached hydrogen (secondary N) is 2. The lowest BCUT2D eigenvalue weighted by atomic mass is 9.78. The van der Waals surface area contributed by atoms with Gasteiger partial charge in [-0.3, -0.25) is 4.79 Å². The predicted octanol–water partition coefficient (Wildman–Crippen LogP) is 1.43. The number of nitrogens with zero attached hydrogens (tertiary/aromatic N) is 1. The Bertz CT molecular complexity index is 456. The van der Waals surface area contributed by atoms with Crippen molar-refractivity contribution in [3.8, 4) is 0 Å². The zero-order valence-corrected chi connectivity index (χ0v) is 13.9. The fourth-order valence-electron chi connectivity index (χ4n) is 2.74. The van der Waals surface area contributed by atoms with E-state index < -0.39 is 0 Å². The van der Waals surface area contributed by atoms with Crippen LogP contribution in [0, 0.1) is 19.3 Å². The summed E-state index contributed by atoms with van der Waals surface area (Å²) in [5, 5.41) is 7.47. The molecule has 0 aliphatic carbocycles. The zero-order chi connectivity index (χ0) is 15.3. The van der Waals surface area contributed by atoms with Crippen LogP contribution in [-0.2, 0) is 16.0 Å². The van der Waals surface area contributed by atoms with Gasteiger partial charge in [-0.05, 0) is 39.8 Å². The van der Waals surface area contributed by atoms with Crippen LogP contribution in [0.4, 0.5) is 0 Å². The van der Waals surface area contributed by atoms with E-state index in [1.54, 1.807) is 18.4 Å². The summed E-state index contributed by atoms with van der Waals surface area (Å²) in [7, 11) is 1.66. The molecule has 2 rings (SSSR count). The van der Waals surface area contributed by atoms with Gasteiger partial charge in [-0.25, -0.2) is 4.98 Å². The molecular weight excluding hydrogens is 286 g/mol. The largest absolute Gasteiger partial charge is 0.384 e. The molecule has 1 saturated heterocycles. The van der Waals surface area contributed by atoms with E-state index in [4.69, 9.17) is 4.74 Å². The Balaban J connectivity index is 1.87. The van der Waals surface area contributed by atoms with E-state index in [-0.39, 0.29) is 11.3 Å². The minimum absolute atomic E-state index is 0.121. The number of carbonyl (C=O) groups is 1. The molecule has 1 amide bonds. The highest BCUT2D eigenvalue weighted by Gasteiger charge is 2.39. The minimum atomic E-state index is -0.366. The Morgan fingerprint density at radius 2 is 2.14 bits per heavy atom. The summed E-state index contributed by atoms with van der Waals surface area (Å²) in [5.74, 6) is 0.121. The number of carbonyl (C=O) groups excluding carboxylic acids is 1. The monoisotopic (exact) mass is 311 g/mol. The second-order valence-corrected chi connectivity index (χ2v) is 7.01. The van der Waals surface area contributed by atoms with Crippen LogP contribution < -0.4 is 10.6 Å². The van der Waals surface area contributed by atoms with Crippen molar-refractivity contribution in [2.45, 2.75) is 33.1 Å². The summed E-state index contributed by atoms with van der Waals surface area (Å²) in [6.45, 7) is 7.00. The molecule has 1 aliphatic rings. The number of aromatic nitrogens is 1. The van der Waals surface area contributed by atoms with E-state index in [1.807, 2.05) is 6.92 Å². The Hall–Kier alpha value is -0.980. The molecule has 5 nitrogen and oxygen atoms in total. The first-order chi connectivity index (χ1) is 10.1. The molecule has 0 radical (unpaired) electrons. The molecule has 2 N–H and O–H groups in total. The van der Waals surface area contributed by atoms with Crippen LogP contribution in [0.15, 0.2) is 0 Å². The summed E-state index contributed by atoms with van der Waals surface area (Å²) >= 11 is 1.71. The summed E-state index contributed by atoms with van der Waals surface area (Å²) in [6, 6.07) is 0. The molecule has 1 aromatic rings. The Kier molecular flexibility index (Phi) is 5.72. The number of hydrogen-bond donors (Lipinski definition) is 2. The molecule has 21 heavy (non-hydrogen) atoms. The van der Waals surface area contributed by atoms with Crippen LogP contribution in [0.3, 0.4) is 0 Å². The van der Waals surface area contributed by atoms with Crippen LogP contribution in [0.2, 0.25) is 0 Å². The van der Waals surface area contributed by atoms with Gasteiger partial charge < -0.3 is 15.4 Å². The van der Waals surface area contributed by atoms with Gasteiger partial charge in [-0.1, -0.05) is 0 Å². The van der Waals surface area contributed by atoms with Crippen molar-refractivity contribution >= 4 is 17.2 Å². The molecule has 1 fully saturated rings. The number of hydrogen-bond acceptors (Lipinski definition) is 5. The molecule has 0 aromatic carbocycles. The zero-order valence-electron chi connectivity index (χ0n) is 13.1. The number of methoxy groups -OCH3 is 1. The number of ether oxygens (including phenoxy) is 1. The Morgan fingerprint density at radius 3 is 2.71 bits per heavy atom. The highest BCUT2D eigenvalue weighted by Crippen LogP contribution is 2.29. The molecule has 1 aliphatic heterocycles. The maximum absolute atomic E-state index is 12.5. The van der Waals surface area contributed by atoms with Crippen molar-refractivity contribution in [3.05, 3.63) is 15.6 Å². The van der Waals surface area contributed by atoms with E-state index in [9.17, 15) is 4.79 Å². The summed E-state index contributed by atoms with van der Waals surface area (Å²) in [5.41, 5.74) is 0.727. The summed E-state index contributed by atoms with van der Waals surface area (Å²) in [6.07, 6.45) is 2.47.